The second-order valence-electron chi connectivity index (χ2n) is 11.7. The predicted molar refractivity (Wildman–Crippen MR) is 176 cm³/mol. The fourth-order valence-electron chi connectivity index (χ4n) is 7.84. The van der Waals surface area contributed by atoms with Crippen molar-refractivity contribution in [3.05, 3.63) is 179 Å². The van der Waals surface area contributed by atoms with E-state index in [0.717, 1.165) is 0 Å². The van der Waals surface area contributed by atoms with Crippen molar-refractivity contribution in [2.75, 3.05) is 0 Å². The molecule has 9 rings (SSSR count). The summed E-state index contributed by atoms with van der Waals surface area (Å²) in [6, 6.07) is 56.5. The van der Waals surface area contributed by atoms with Crippen molar-refractivity contribution in [3.8, 4) is 44.5 Å². The van der Waals surface area contributed by atoms with E-state index in [2.05, 4.69) is 159 Å². The standard InChI is InChI=1S/C42H28/c1-27-19-21-36-37-22-20-29(31-24-23-30(28-11-3-2-4-12-28)32-13-5-6-14-33(31)32)26-41(37)42(40(36)25-27)38-17-9-7-15-34(38)35-16-8-10-18-39(35)42/h2-26H,1H3. The Morgan fingerprint density at radius 3 is 1.48 bits per heavy atom. The van der Waals surface area contributed by atoms with Crippen LogP contribution in [-0.2, 0) is 5.41 Å². The highest BCUT2D eigenvalue weighted by molar-refractivity contribution is 6.05. The van der Waals surface area contributed by atoms with Crippen LogP contribution in [0.25, 0.3) is 55.3 Å². The molecule has 0 N–H and O–H groups in total. The minimum Gasteiger partial charge on any atom is -0.0622 e. The first-order valence-electron chi connectivity index (χ1n) is 14.8. The molecule has 0 aliphatic heterocycles. The monoisotopic (exact) mass is 532 g/mol. The summed E-state index contributed by atoms with van der Waals surface area (Å²) < 4.78 is 0. The number of hydrogen-bond donors (Lipinski definition) is 0. The van der Waals surface area contributed by atoms with Crippen molar-refractivity contribution < 1.29 is 0 Å². The van der Waals surface area contributed by atoms with Crippen LogP contribution < -0.4 is 0 Å². The third kappa shape index (κ3) is 3.02. The van der Waals surface area contributed by atoms with Gasteiger partial charge >= 0.3 is 0 Å². The van der Waals surface area contributed by atoms with Crippen LogP contribution >= 0.6 is 0 Å². The first-order valence-corrected chi connectivity index (χ1v) is 14.8. The van der Waals surface area contributed by atoms with E-state index in [1.807, 2.05) is 0 Å². The Morgan fingerprint density at radius 2 is 0.810 bits per heavy atom. The van der Waals surface area contributed by atoms with Crippen molar-refractivity contribution in [1.29, 1.82) is 0 Å². The van der Waals surface area contributed by atoms with E-state index in [1.165, 1.54) is 83.1 Å². The topological polar surface area (TPSA) is 0 Å². The molecule has 1 spiro atoms. The summed E-state index contributed by atoms with van der Waals surface area (Å²) in [6.45, 7) is 2.22. The number of benzene rings is 7. The van der Waals surface area contributed by atoms with Crippen LogP contribution in [0.15, 0.2) is 152 Å². The van der Waals surface area contributed by atoms with Crippen molar-refractivity contribution in [2.45, 2.75) is 12.3 Å². The zero-order chi connectivity index (χ0) is 27.8. The van der Waals surface area contributed by atoms with Crippen LogP contribution in [0.1, 0.15) is 27.8 Å². The lowest BCUT2D eigenvalue weighted by atomic mass is 9.70. The molecule has 0 atom stereocenters. The van der Waals surface area contributed by atoms with E-state index in [0.29, 0.717) is 0 Å². The van der Waals surface area contributed by atoms with Gasteiger partial charge in [-0.05, 0) is 90.5 Å². The lowest BCUT2D eigenvalue weighted by molar-refractivity contribution is 0.793. The van der Waals surface area contributed by atoms with E-state index in [9.17, 15) is 0 Å². The number of aryl methyl sites for hydroxylation is 1. The van der Waals surface area contributed by atoms with Gasteiger partial charge < -0.3 is 0 Å². The fraction of sp³-hybridized carbons (Fsp3) is 0.0476. The summed E-state index contributed by atoms with van der Waals surface area (Å²) in [5.41, 5.74) is 16.9. The van der Waals surface area contributed by atoms with Crippen molar-refractivity contribution >= 4 is 10.8 Å². The van der Waals surface area contributed by atoms with Gasteiger partial charge in [-0.15, -0.1) is 0 Å². The van der Waals surface area contributed by atoms with Crippen molar-refractivity contribution in [1.82, 2.24) is 0 Å². The van der Waals surface area contributed by atoms with E-state index in [4.69, 9.17) is 0 Å². The lowest BCUT2D eigenvalue weighted by Crippen LogP contribution is -2.26. The molecule has 0 radical (unpaired) electrons. The van der Waals surface area contributed by atoms with Gasteiger partial charge in [0.25, 0.3) is 0 Å². The molecule has 7 aromatic rings. The van der Waals surface area contributed by atoms with Gasteiger partial charge in [0.15, 0.2) is 0 Å². The highest BCUT2D eigenvalue weighted by Crippen LogP contribution is 2.63. The van der Waals surface area contributed by atoms with Gasteiger partial charge in [0.1, 0.15) is 0 Å². The quantitative estimate of drug-likeness (QED) is 0.208. The first kappa shape index (κ1) is 23.5. The predicted octanol–water partition coefficient (Wildman–Crippen LogP) is 10.8. The van der Waals surface area contributed by atoms with E-state index in [-0.39, 0.29) is 5.41 Å². The average Bonchev–Trinajstić information content (AvgIpc) is 3.51. The van der Waals surface area contributed by atoms with Crippen LogP contribution in [0.2, 0.25) is 0 Å². The molecular formula is C42H28. The van der Waals surface area contributed by atoms with Gasteiger partial charge in [-0.3, -0.25) is 0 Å². The number of rotatable bonds is 2. The molecule has 0 amide bonds. The molecule has 7 aromatic carbocycles. The van der Waals surface area contributed by atoms with Crippen LogP contribution in [0.4, 0.5) is 0 Å². The Kier molecular flexibility index (Phi) is 4.84. The lowest BCUT2D eigenvalue weighted by Gasteiger charge is -2.31. The van der Waals surface area contributed by atoms with Crippen molar-refractivity contribution in [3.63, 3.8) is 0 Å². The molecule has 0 heterocycles. The molecule has 2 aliphatic rings. The Morgan fingerprint density at radius 1 is 0.333 bits per heavy atom. The van der Waals surface area contributed by atoms with Gasteiger partial charge in [-0.1, -0.05) is 151 Å². The summed E-state index contributed by atoms with van der Waals surface area (Å²) in [5.74, 6) is 0. The molecule has 0 nitrogen and oxygen atoms in total. The summed E-state index contributed by atoms with van der Waals surface area (Å²) in [5, 5.41) is 2.57. The minimum absolute atomic E-state index is 0.334. The van der Waals surface area contributed by atoms with Crippen molar-refractivity contribution in [2.24, 2.45) is 0 Å². The van der Waals surface area contributed by atoms with E-state index >= 15 is 0 Å². The molecular weight excluding hydrogens is 504 g/mol. The fourth-order valence-corrected chi connectivity index (χ4v) is 7.84. The molecule has 42 heavy (non-hydrogen) atoms. The van der Waals surface area contributed by atoms with Crippen LogP contribution in [0, 0.1) is 6.92 Å². The maximum Gasteiger partial charge on any atom is 0.0725 e. The van der Waals surface area contributed by atoms with Gasteiger partial charge in [0.05, 0.1) is 5.41 Å². The number of hydrogen-bond acceptors (Lipinski definition) is 0. The van der Waals surface area contributed by atoms with Gasteiger partial charge in [0.2, 0.25) is 0 Å². The molecule has 0 aromatic heterocycles. The molecule has 0 heteroatoms. The summed E-state index contributed by atoms with van der Waals surface area (Å²) in [4.78, 5) is 0. The van der Waals surface area contributed by atoms with Crippen LogP contribution in [0.5, 0.6) is 0 Å². The molecule has 0 fully saturated rings. The molecule has 0 unspecified atom stereocenters. The third-order valence-corrected chi connectivity index (χ3v) is 9.57. The molecule has 0 saturated heterocycles. The molecule has 0 saturated carbocycles. The van der Waals surface area contributed by atoms with E-state index in [1.54, 1.807) is 0 Å². The zero-order valence-corrected chi connectivity index (χ0v) is 23.4. The molecule has 196 valence electrons. The van der Waals surface area contributed by atoms with Gasteiger partial charge in [0, 0.05) is 0 Å². The molecule has 0 bridgehead atoms. The van der Waals surface area contributed by atoms with Crippen LogP contribution in [0.3, 0.4) is 0 Å². The summed E-state index contributed by atoms with van der Waals surface area (Å²) in [6.07, 6.45) is 0. The second kappa shape index (κ2) is 8.65. The van der Waals surface area contributed by atoms with Gasteiger partial charge in [-0.25, -0.2) is 0 Å². The maximum atomic E-state index is 2.49. The number of fused-ring (bicyclic) bond motifs is 11. The minimum atomic E-state index is -0.334. The Bertz CT molecular complexity index is 2150. The van der Waals surface area contributed by atoms with Gasteiger partial charge in [-0.2, -0.15) is 0 Å². The smallest absolute Gasteiger partial charge is 0.0622 e. The largest absolute Gasteiger partial charge is 0.0725 e. The third-order valence-electron chi connectivity index (χ3n) is 9.57. The second-order valence-corrected chi connectivity index (χ2v) is 11.7. The summed E-state index contributed by atoms with van der Waals surface area (Å²) in [7, 11) is 0. The van der Waals surface area contributed by atoms with E-state index < -0.39 is 0 Å². The maximum absolute atomic E-state index is 2.49. The van der Waals surface area contributed by atoms with Crippen LogP contribution in [-0.4, -0.2) is 0 Å². The SMILES string of the molecule is Cc1ccc2c(c1)C1(c3ccccc3-c3ccccc31)c1cc(-c3ccc(-c4ccccc4)c4ccccc34)ccc1-2. The average molecular weight is 533 g/mol. The normalized spacial score (nSPS) is 13.5. The Labute approximate surface area is 246 Å². The highest BCUT2D eigenvalue weighted by atomic mass is 14.5. The first-order chi connectivity index (χ1) is 20.7. The molecule has 2 aliphatic carbocycles. The summed E-state index contributed by atoms with van der Waals surface area (Å²) >= 11 is 0. The highest BCUT2D eigenvalue weighted by Gasteiger charge is 2.51. The zero-order valence-electron chi connectivity index (χ0n) is 23.4. The Balaban J connectivity index is 1.35. The Hall–Kier alpha value is -5.20.